The number of nitrogens with one attached hydrogen (secondary N) is 2. The summed E-state index contributed by atoms with van der Waals surface area (Å²) < 4.78 is 23.1. The number of likely N-dealkylation sites (tertiary alicyclic amines) is 1. The van der Waals surface area contributed by atoms with E-state index in [-0.39, 0.29) is 23.2 Å². The highest BCUT2D eigenvalue weighted by Gasteiger charge is 2.42. The third kappa shape index (κ3) is 8.62. The van der Waals surface area contributed by atoms with Crippen LogP contribution in [-0.4, -0.2) is 72.4 Å². The molecule has 0 aromatic heterocycles. The number of nitrogens with zero attached hydrogens (tertiary/aromatic N) is 1. The lowest BCUT2D eigenvalue weighted by Gasteiger charge is -2.39. The first-order valence-corrected chi connectivity index (χ1v) is 19.1. The van der Waals surface area contributed by atoms with Crippen LogP contribution in [0.1, 0.15) is 52.0 Å². The molecule has 1 aliphatic carbocycles. The van der Waals surface area contributed by atoms with Crippen molar-refractivity contribution in [3.63, 3.8) is 0 Å². The lowest BCUT2D eigenvalue weighted by atomic mass is 9.89. The first-order valence-electron chi connectivity index (χ1n) is 15.8. The lowest BCUT2D eigenvalue weighted by molar-refractivity contribution is 0.116. The van der Waals surface area contributed by atoms with E-state index in [1.165, 1.54) is 5.56 Å². The zero-order valence-electron chi connectivity index (χ0n) is 27.8. The Labute approximate surface area is 270 Å². The van der Waals surface area contributed by atoms with Crippen LogP contribution in [0.5, 0.6) is 17.2 Å². The van der Waals surface area contributed by atoms with Gasteiger partial charge in [-0.05, 0) is 92.9 Å². The van der Waals surface area contributed by atoms with Crippen molar-refractivity contribution in [2.45, 2.75) is 83.1 Å². The second-order valence-electron chi connectivity index (χ2n) is 13.9. The fourth-order valence-corrected chi connectivity index (χ4v) is 7.50. The predicted molar refractivity (Wildman–Crippen MR) is 181 cm³/mol. The van der Waals surface area contributed by atoms with Crippen LogP contribution in [0.25, 0.3) is 0 Å². The highest BCUT2D eigenvalue weighted by Crippen LogP contribution is 2.41. The molecule has 0 radical (unpaired) electrons. The summed E-state index contributed by atoms with van der Waals surface area (Å²) in [5, 5.41) is 7.28. The summed E-state index contributed by atoms with van der Waals surface area (Å²) in [6.45, 7) is 14.3. The standard InChI is InChI=1S/C34H52ClN3O5Si/c1-34(2,3)44(7,8)43-22-25-18-28(37-33(39)36-27-20-30(40-4)32(42-6)31(21-27)41-5)29(19-25)38-15-13-24(14-16-38)17-23-9-11-26(35)12-10-23/h9-12,20-21,24-25,28-29H,13-19,22H2,1-8H3,(H2,36,37,39). The molecule has 1 aliphatic heterocycles. The molecule has 3 unspecified atom stereocenters. The molecule has 44 heavy (non-hydrogen) atoms. The van der Waals surface area contributed by atoms with Gasteiger partial charge in [-0.1, -0.05) is 44.5 Å². The molecule has 0 bridgehead atoms. The molecular weight excluding hydrogens is 594 g/mol. The number of halogens is 1. The van der Waals surface area contributed by atoms with E-state index in [1.54, 1.807) is 33.5 Å². The zero-order chi connectivity index (χ0) is 32.1. The molecule has 2 amide bonds. The molecule has 3 atom stereocenters. The number of urea groups is 1. The maximum atomic E-state index is 13.4. The first kappa shape index (κ1) is 34.4. The number of carbonyl (C=O) groups excluding carboxylic acids is 1. The largest absolute Gasteiger partial charge is 0.493 e. The van der Waals surface area contributed by atoms with Gasteiger partial charge in [0, 0.05) is 35.8 Å². The molecule has 1 saturated carbocycles. The van der Waals surface area contributed by atoms with Gasteiger partial charge in [-0.3, -0.25) is 4.90 Å². The van der Waals surface area contributed by atoms with Gasteiger partial charge in [-0.2, -0.15) is 0 Å². The second-order valence-corrected chi connectivity index (χ2v) is 19.2. The molecular formula is C34H52ClN3O5Si. The van der Waals surface area contributed by atoms with Gasteiger partial charge in [0.15, 0.2) is 19.8 Å². The van der Waals surface area contributed by atoms with Crippen LogP contribution in [0.3, 0.4) is 0 Å². The lowest BCUT2D eigenvalue weighted by Crippen LogP contribution is -2.52. The Hall–Kier alpha value is -2.46. The number of amides is 2. The van der Waals surface area contributed by atoms with Gasteiger partial charge in [0.2, 0.25) is 5.75 Å². The van der Waals surface area contributed by atoms with Gasteiger partial charge in [0.05, 0.1) is 27.0 Å². The minimum absolute atomic E-state index is 0.0258. The second kappa shape index (κ2) is 14.8. The van der Waals surface area contributed by atoms with Crippen molar-refractivity contribution in [3.05, 3.63) is 47.0 Å². The minimum atomic E-state index is -1.87. The van der Waals surface area contributed by atoms with E-state index in [0.29, 0.717) is 34.8 Å². The van der Waals surface area contributed by atoms with Crippen molar-refractivity contribution in [3.8, 4) is 17.2 Å². The number of hydrogen-bond donors (Lipinski definition) is 2. The van der Waals surface area contributed by atoms with Crippen molar-refractivity contribution in [1.82, 2.24) is 10.2 Å². The van der Waals surface area contributed by atoms with Crippen molar-refractivity contribution in [2.75, 3.05) is 46.3 Å². The molecule has 2 aromatic rings. The zero-order valence-corrected chi connectivity index (χ0v) is 29.6. The minimum Gasteiger partial charge on any atom is -0.493 e. The Bertz CT molecular complexity index is 1220. The van der Waals surface area contributed by atoms with E-state index >= 15 is 0 Å². The van der Waals surface area contributed by atoms with E-state index in [4.69, 9.17) is 30.2 Å². The number of hydrogen-bond acceptors (Lipinski definition) is 6. The van der Waals surface area contributed by atoms with Crippen LogP contribution in [0.4, 0.5) is 10.5 Å². The van der Waals surface area contributed by atoms with Crippen molar-refractivity contribution in [1.29, 1.82) is 0 Å². The molecule has 4 rings (SSSR count). The van der Waals surface area contributed by atoms with E-state index in [9.17, 15) is 4.79 Å². The van der Waals surface area contributed by atoms with E-state index < -0.39 is 8.32 Å². The van der Waals surface area contributed by atoms with Gasteiger partial charge in [-0.15, -0.1) is 0 Å². The fourth-order valence-electron chi connectivity index (χ4n) is 6.29. The number of benzene rings is 2. The summed E-state index contributed by atoms with van der Waals surface area (Å²) in [5.74, 6) is 2.52. The monoisotopic (exact) mass is 645 g/mol. The number of anilines is 1. The summed E-state index contributed by atoms with van der Waals surface area (Å²) in [5.41, 5.74) is 1.92. The smallest absolute Gasteiger partial charge is 0.319 e. The maximum Gasteiger partial charge on any atom is 0.319 e. The van der Waals surface area contributed by atoms with Gasteiger partial charge in [0.25, 0.3) is 0 Å². The molecule has 0 spiro atoms. The van der Waals surface area contributed by atoms with Crippen molar-refractivity contribution in [2.24, 2.45) is 11.8 Å². The van der Waals surface area contributed by atoms with Crippen LogP contribution in [-0.2, 0) is 10.8 Å². The highest BCUT2D eigenvalue weighted by molar-refractivity contribution is 6.74. The third-order valence-electron chi connectivity index (χ3n) is 9.91. The molecule has 8 nitrogen and oxygen atoms in total. The Kier molecular flexibility index (Phi) is 11.5. The van der Waals surface area contributed by atoms with E-state index in [2.05, 4.69) is 61.5 Å². The first-order chi connectivity index (χ1) is 20.8. The molecule has 2 N–H and O–H groups in total. The topological polar surface area (TPSA) is 81.3 Å². The molecule has 2 aromatic carbocycles. The molecule has 2 fully saturated rings. The Balaban J connectivity index is 1.43. The highest BCUT2D eigenvalue weighted by atomic mass is 35.5. The normalized spacial score (nSPS) is 21.6. The summed E-state index contributed by atoms with van der Waals surface area (Å²) in [6, 6.07) is 11.8. The molecule has 2 aliphatic rings. The average Bonchev–Trinajstić information content (AvgIpc) is 3.38. The number of carbonyl (C=O) groups is 1. The Morgan fingerprint density at radius 3 is 2.11 bits per heavy atom. The SMILES string of the molecule is COc1cc(NC(=O)NC2CC(CO[Si](C)(C)C(C)(C)C)CC2N2CCC(Cc3ccc(Cl)cc3)CC2)cc(OC)c1OC. The average molecular weight is 646 g/mol. The Morgan fingerprint density at radius 1 is 0.955 bits per heavy atom. The summed E-state index contributed by atoms with van der Waals surface area (Å²) in [4.78, 5) is 16.0. The number of piperidine rings is 1. The number of methoxy groups -OCH3 is 3. The fraction of sp³-hybridized carbons (Fsp3) is 0.618. The van der Waals surface area contributed by atoms with Crippen molar-refractivity contribution >= 4 is 31.6 Å². The maximum absolute atomic E-state index is 13.4. The van der Waals surface area contributed by atoms with Crippen LogP contribution >= 0.6 is 11.6 Å². The van der Waals surface area contributed by atoms with Crippen LogP contribution in [0.15, 0.2) is 36.4 Å². The van der Waals surface area contributed by atoms with Gasteiger partial charge >= 0.3 is 6.03 Å². The predicted octanol–water partition coefficient (Wildman–Crippen LogP) is 7.61. The van der Waals surface area contributed by atoms with Gasteiger partial charge < -0.3 is 29.3 Å². The summed E-state index contributed by atoms with van der Waals surface area (Å²) in [7, 11) is 2.82. The van der Waals surface area contributed by atoms with Gasteiger partial charge in [0.1, 0.15) is 0 Å². The molecule has 10 heteroatoms. The molecule has 1 saturated heterocycles. The van der Waals surface area contributed by atoms with E-state index in [0.717, 1.165) is 56.8 Å². The van der Waals surface area contributed by atoms with Crippen LogP contribution in [0.2, 0.25) is 23.2 Å². The quantitative estimate of drug-likeness (QED) is 0.245. The summed E-state index contributed by atoms with van der Waals surface area (Å²) in [6.07, 6.45) is 5.29. The number of ether oxygens (including phenoxy) is 3. The van der Waals surface area contributed by atoms with Gasteiger partial charge in [-0.25, -0.2) is 4.79 Å². The number of rotatable bonds is 11. The summed E-state index contributed by atoms with van der Waals surface area (Å²) >= 11 is 6.10. The van der Waals surface area contributed by atoms with Crippen LogP contribution in [0, 0.1) is 11.8 Å². The molecule has 1 heterocycles. The Morgan fingerprint density at radius 2 is 1.57 bits per heavy atom. The third-order valence-corrected chi connectivity index (χ3v) is 14.7. The van der Waals surface area contributed by atoms with E-state index in [1.807, 2.05) is 12.1 Å². The van der Waals surface area contributed by atoms with Crippen molar-refractivity contribution < 1.29 is 23.4 Å². The molecule has 244 valence electrons. The van der Waals surface area contributed by atoms with Crippen LogP contribution < -0.4 is 24.8 Å².